The number of nitrogens with zero attached hydrogens (tertiary/aromatic N) is 2. The Hall–Kier alpha value is -2.79. The molecule has 0 spiro atoms. The van der Waals surface area contributed by atoms with Gasteiger partial charge in [-0.05, 0) is 37.3 Å². The first kappa shape index (κ1) is 16.1. The van der Waals surface area contributed by atoms with Crippen LogP contribution in [-0.2, 0) is 0 Å². The molecule has 0 aliphatic heterocycles. The minimum absolute atomic E-state index is 0.0638. The maximum Gasteiger partial charge on any atom is 0.197 e. The number of aryl methyl sites for hydroxylation is 1. The number of carbonyl (C=O) groups excluding carboxylic acids is 1. The number of hydrogen-bond donors (Lipinski definition) is 0. The zero-order valence-electron chi connectivity index (χ0n) is 13.4. The number of para-hydroxylation sites is 1. The molecule has 1 aromatic carbocycles. The molecule has 0 unspecified atom stereocenters. The summed E-state index contributed by atoms with van der Waals surface area (Å²) in [7, 11) is 1.61. The lowest BCUT2D eigenvalue weighted by Crippen LogP contribution is -1.93. The average Bonchev–Trinajstić information content (AvgIpc) is 3.02. The maximum atomic E-state index is 12.5. The number of rotatable bonds is 5. The molecule has 0 amide bonds. The average molecular weight is 336 g/mol. The van der Waals surface area contributed by atoms with Gasteiger partial charge in [-0.2, -0.15) is 0 Å². The van der Waals surface area contributed by atoms with Gasteiger partial charge in [-0.15, -0.1) is 11.3 Å². The second-order valence-corrected chi connectivity index (χ2v) is 6.11. The van der Waals surface area contributed by atoms with E-state index in [1.807, 2.05) is 43.3 Å². The van der Waals surface area contributed by atoms with Crippen LogP contribution in [0.4, 0.5) is 0 Å². The first-order valence-electron chi connectivity index (χ1n) is 7.42. The molecule has 0 fully saturated rings. The van der Waals surface area contributed by atoms with Crippen LogP contribution in [-0.4, -0.2) is 22.9 Å². The van der Waals surface area contributed by atoms with Gasteiger partial charge >= 0.3 is 0 Å². The molecule has 0 bridgehead atoms. The molecule has 2 aromatic heterocycles. The van der Waals surface area contributed by atoms with Crippen molar-refractivity contribution in [3.05, 3.63) is 71.0 Å². The van der Waals surface area contributed by atoms with Gasteiger partial charge in [0.25, 0.3) is 0 Å². The molecule has 3 aromatic rings. The van der Waals surface area contributed by atoms with Crippen molar-refractivity contribution < 1.29 is 9.53 Å². The van der Waals surface area contributed by atoms with Crippen molar-refractivity contribution in [2.24, 2.45) is 0 Å². The van der Waals surface area contributed by atoms with Crippen LogP contribution in [0.15, 0.2) is 54.9 Å². The highest BCUT2D eigenvalue weighted by molar-refractivity contribution is 7.17. The SMILES string of the molecule is COc1ccccc1/C=C/C(=O)c1sc(-c2cccnc2)nc1C. The number of methoxy groups -OCH3 is 1. The molecule has 0 radical (unpaired) electrons. The first-order chi connectivity index (χ1) is 11.7. The molecular weight excluding hydrogens is 320 g/mol. The molecule has 0 N–H and O–H groups in total. The molecule has 0 aliphatic carbocycles. The monoisotopic (exact) mass is 336 g/mol. The summed E-state index contributed by atoms with van der Waals surface area (Å²) in [6, 6.07) is 11.4. The number of pyridine rings is 1. The van der Waals surface area contributed by atoms with E-state index < -0.39 is 0 Å². The maximum absolute atomic E-state index is 12.5. The van der Waals surface area contributed by atoms with Crippen LogP contribution in [0.25, 0.3) is 16.6 Å². The topological polar surface area (TPSA) is 52.1 Å². The smallest absolute Gasteiger partial charge is 0.197 e. The van der Waals surface area contributed by atoms with E-state index in [0.717, 1.165) is 27.6 Å². The number of ether oxygens (including phenoxy) is 1. The van der Waals surface area contributed by atoms with Gasteiger partial charge < -0.3 is 4.74 Å². The quantitative estimate of drug-likeness (QED) is 0.511. The first-order valence-corrected chi connectivity index (χ1v) is 8.24. The molecule has 0 saturated carbocycles. The summed E-state index contributed by atoms with van der Waals surface area (Å²) >= 11 is 1.38. The van der Waals surface area contributed by atoms with Crippen LogP contribution >= 0.6 is 11.3 Å². The molecular formula is C19H16N2O2S. The Morgan fingerprint density at radius 2 is 2.04 bits per heavy atom. The van der Waals surface area contributed by atoms with Gasteiger partial charge in [0.15, 0.2) is 5.78 Å². The Bertz CT molecular complexity index is 885. The van der Waals surface area contributed by atoms with E-state index in [2.05, 4.69) is 9.97 Å². The minimum Gasteiger partial charge on any atom is -0.496 e. The predicted octanol–water partition coefficient (Wildman–Crippen LogP) is 4.42. The summed E-state index contributed by atoms with van der Waals surface area (Å²) in [5.74, 6) is 0.671. The lowest BCUT2D eigenvalue weighted by molar-refractivity contribution is 0.105. The number of ketones is 1. The molecule has 120 valence electrons. The molecule has 4 nitrogen and oxygen atoms in total. The van der Waals surface area contributed by atoms with Crippen LogP contribution in [0.3, 0.4) is 0 Å². The zero-order chi connectivity index (χ0) is 16.9. The van der Waals surface area contributed by atoms with Gasteiger partial charge in [-0.1, -0.05) is 18.2 Å². The second kappa shape index (κ2) is 7.19. The number of carbonyl (C=O) groups is 1. The molecule has 0 aliphatic rings. The molecule has 0 saturated heterocycles. The molecule has 2 heterocycles. The van der Waals surface area contributed by atoms with E-state index in [1.165, 1.54) is 11.3 Å². The van der Waals surface area contributed by atoms with E-state index >= 15 is 0 Å². The van der Waals surface area contributed by atoms with Crippen molar-refractivity contribution in [1.82, 2.24) is 9.97 Å². The van der Waals surface area contributed by atoms with Crippen molar-refractivity contribution in [2.45, 2.75) is 6.92 Å². The fourth-order valence-electron chi connectivity index (χ4n) is 2.28. The molecule has 24 heavy (non-hydrogen) atoms. The second-order valence-electron chi connectivity index (χ2n) is 5.11. The fourth-order valence-corrected chi connectivity index (χ4v) is 3.26. The van der Waals surface area contributed by atoms with Crippen LogP contribution < -0.4 is 4.74 Å². The predicted molar refractivity (Wildman–Crippen MR) is 96.4 cm³/mol. The Balaban J connectivity index is 1.86. The van der Waals surface area contributed by atoms with Gasteiger partial charge in [-0.3, -0.25) is 9.78 Å². The van der Waals surface area contributed by atoms with Crippen LogP contribution in [0, 0.1) is 6.92 Å². The number of aromatic nitrogens is 2. The van der Waals surface area contributed by atoms with Gasteiger partial charge in [-0.25, -0.2) is 4.98 Å². The highest BCUT2D eigenvalue weighted by atomic mass is 32.1. The van der Waals surface area contributed by atoms with Crippen molar-refractivity contribution in [1.29, 1.82) is 0 Å². The number of allylic oxidation sites excluding steroid dienone is 1. The van der Waals surface area contributed by atoms with E-state index in [9.17, 15) is 4.79 Å². The summed E-state index contributed by atoms with van der Waals surface area (Å²) in [5.41, 5.74) is 2.51. The lowest BCUT2D eigenvalue weighted by Gasteiger charge is -2.02. The zero-order valence-corrected chi connectivity index (χ0v) is 14.2. The van der Waals surface area contributed by atoms with Crippen molar-refractivity contribution in [3.63, 3.8) is 0 Å². The highest BCUT2D eigenvalue weighted by Gasteiger charge is 2.14. The Kier molecular flexibility index (Phi) is 4.82. The van der Waals surface area contributed by atoms with Gasteiger partial charge in [0.1, 0.15) is 10.8 Å². The van der Waals surface area contributed by atoms with Crippen molar-refractivity contribution in [3.8, 4) is 16.3 Å². The summed E-state index contributed by atoms with van der Waals surface area (Å²) in [6.45, 7) is 1.85. The Morgan fingerprint density at radius 3 is 2.79 bits per heavy atom. The standard InChI is InChI=1S/C19H16N2O2S/c1-13-18(24-19(21-13)15-7-5-11-20-12-15)16(22)10-9-14-6-3-4-8-17(14)23-2/h3-12H,1-2H3/b10-9+. The third-order valence-electron chi connectivity index (χ3n) is 3.48. The number of benzene rings is 1. The highest BCUT2D eigenvalue weighted by Crippen LogP contribution is 2.28. The lowest BCUT2D eigenvalue weighted by atomic mass is 10.1. The van der Waals surface area contributed by atoms with Crippen molar-refractivity contribution >= 4 is 23.2 Å². The van der Waals surface area contributed by atoms with E-state index in [-0.39, 0.29) is 5.78 Å². The van der Waals surface area contributed by atoms with Gasteiger partial charge in [0, 0.05) is 23.5 Å². The third-order valence-corrected chi connectivity index (χ3v) is 4.70. The summed E-state index contributed by atoms with van der Waals surface area (Å²) in [6.07, 6.45) is 6.79. The molecule has 5 heteroatoms. The Morgan fingerprint density at radius 1 is 1.21 bits per heavy atom. The van der Waals surface area contributed by atoms with E-state index in [1.54, 1.807) is 31.7 Å². The van der Waals surface area contributed by atoms with E-state index in [0.29, 0.717) is 4.88 Å². The summed E-state index contributed by atoms with van der Waals surface area (Å²) in [5, 5.41) is 0.801. The fraction of sp³-hybridized carbons (Fsp3) is 0.105. The van der Waals surface area contributed by atoms with Gasteiger partial charge in [0.2, 0.25) is 0 Å². The normalized spacial score (nSPS) is 10.9. The molecule has 0 atom stereocenters. The number of hydrogen-bond acceptors (Lipinski definition) is 5. The summed E-state index contributed by atoms with van der Waals surface area (Å²) < 4.78 is 5.29. The van der Waals surface area contributed by atoms with Crippen LogP contribution in [0.2, 0.25) is 0 Å². The Labute approximate surface area is 144 Å². The van der Waals surface area contributed by atoms with E-state index in [4.69, 9.17) is 4.74 Å². The molecule has 3 rings (SSSR count). The van der Waals surface area contributed by atoms with Gasteiger partial charge in [0.05, 0.1) is 17.7 Å². The van der Waals surface area contributed by atoms with Crippen LogP contribution in [0.5, 0.6) is 5.75 Å². The number of thiazole rings is 1. The van der Waals surface area contributed by atoms with Crippen molar-refractivity contribution in [2.75, 3.05) is 7.11 Å². The van der Waals surface area contributed by atoms with Crippen LogP contribution in [0.1, 0.15) is 20.9 Å². The summed E-state index contributed by atoms with van der Waals surface area (Å²) in [4.78, 5) is 21.7. The largest absolute Gasteiger partial charge is 0.496 e. The third kappa shape index (κ3) is 3.41. The minimum atomic E-state index is -0.0638.